The van der Waals surface area contributed by atoms with E-state index in [1.54, 1.807) is 6.07 Å². The maximum Gasteiger partial charge on any atom is 0.335 e. The Labute approximate surface area is 121 Å². The third kappa shape index (κ3) is 3.24. The highest BCUT2D eigenvalue weighted by Crippen LogP contribution is 2.19. The number of benzene rings is 1. The van der Waals surface area contributed by atoms with E-state index in [-0.39, 0.29) is 21.7 Å². The Morgan fingerprint density at radius 3 is 2.71 bits per heavy atom. The van der Waals surface area contributed by atoms with Crippen molar-refractivity contribution in [3.8, 4) is 6.07 Å². The minimum Gasteiger partial charge on any atom is -0.478 e. The standard InChI is InChI=1S/C14H10N2O4S/c15-8-13-11(4-2-6-16-13)9-21(19,20)12-5-1-3-10(7-12)14(17)18/h1-7H,9H2,(H,17,18). The maximum absolute atomic E-state index is 12.3. The quantitative estimate of drug-likeness (QED) is 0.919. The van der Waals surface area contributed by atoms with Crippen LogP contribution in [0.4, 0.5) is 0 Å². The van der Waals surface area contributed by atoms with E-state index < -0.39 is 21.6 Å². The van der Waals surface area contributed by atoms with Crippen molar-refractivity contribution in [2.45, 2.75) is 10.6 Å². The third-order valence-electron chi connectivity index (χ3n) is 2.78. The molecule has 0 aliphatic carbocycles. The van der Waals surface area contributed by atoms with Crippen LogP contribution in [-0.4, -0.2) is 24.5 Å². The number of carbonyl (C=O) groups is 1. The molecule has 0 amide bonds. The second kappa shape index (κ2) is 5.73. The number of carboxylic acids is 1. The van der Waals surface area contributed by atoms with E-state index in [1.165, 1.54) is 30.5 Å². The molecule has 0 bridgehead atoms. The van der Waals surface area contributed by atoms with Crippen molar-refractivity contribution in [2.75, 3.05) is 0 Å². The molecular formula is C14H10N2O4S. The first-order valence-electron chi connectivity index (χ1n) is 5.84. The van der Waals surface area contributed by atoms with E-state index in [9.17, 15) is 13.2 Å². The molecule has 0 radical (unpaired) electrons. The largest absolute Gasteiger partial charge is 0.478 e. The Morgan fingerprint density at radius 1 is 1.29 bits per heavy atom. The first kappa shape index (κ1) is 14.7. The lowest BCUT2D eigenvalue weighted by molar-refractivity contribution is 0.0696. The molecule has 1 aromatic heterocycles. The monoisotopic (exact) mass is 302 g/mol. The van der Waals surface area contributed by atoms with Crippen LogP contribution in [0.5, 0.6) is 0 Å². The molecule has 2 rings (SSSR count). The Morgan fingerprint density at radius 2 is 2.05 bits per heavy atom. The Hall–Kier alpha value is -2.72. The van der Waals surface area contributed by atoms with Gasteiger partial charge in [-0.05, 0) is 24.3 Å². The molecule has 21 heavy (non-hydrogen) atoms. The lowest BCUT2D eigenvalue weighted by atomic mass is 10.2. The van der Waals surface area contributed by atoms with Crippen molar-refractivity contribution in [1.29, 1.82) is 5.26 Å². The van der Waals surface area contributed by atoms with E-state index in [1.807, 2.05) is 6.07 Å². The molecular weight excluding hydrogens is 292 g/mol. The van der Waals surface area contributed by atoms with Crippen LogP contribution in [0.15, 0.2) is 47.5 Å². The van der Waals surface area contributed by atoms with E-state index in [0.717, 1.165) is 6.07 Å². The van der Waals surface area contributed by atoms with Gasteiger partial charge in [-0.15, -0.1) is 0 Å². The molecule has 0 aliphatic heterocycles. The van der Waals surface area contributed by atoms with Crippen LogP contribution in [0.25, 0.3) is 0 Å². The summed E-state index contributed by atoms with van der Waals surface area (Å²) < 4.78 is 24.6. The van der Waals surface area contributed by atoms with Crippen molar-refractivity contribution < 1.29 is 18.3 Å². The van der Waals surface area contributed by atoms with Crippen LogP contribution in [0.1, 0.15) is 21.6 Å². The van der Waals surface area contributed by atoms with Gasteiger partial charge in [-0.3, -0.25) is 0 Å². The number of nitrogens with zero attached hydrogens (tertiary/aromatic N) is 2. The summed E-state index contributed by atoms with van der Waals surface area (Å²) in [4.78, 5) is 14.6. The highest BCUT2D eigenvalue weighted by atomic mass is 32.2. The Bertz CT molecular complexity index is 838. The van der Waals surface area contributed by atoms with E-state index in [4.69, 9.17) is 10.4 Å². The number of carboxylic acid groups (broad SMARTS) is 1. The second-order valence-electron chi connectivity index (χ2n) is 4.22. The smallest absolute Gasteiger partial charge is 0.335 e. The van der Waals surface area contributed by atoms with Gasteiger partial charge >= 0.3 is 5.97 Å². The molecule has 7 heteroatoms. The summed E-state index contributed by atoms with van der Waals surface area (Å²) >= 11 is 0. The van der Waals surface area contributed by atoms with Crippen LogP contribution in [0.3, 0.4) is 0 Å². The fraction of sp³-hybridized carbons (Fsp3) is 0.0714. The minimum absolute atomic E-state index is 0.0375. The molecule has 0 saturated heterocycles. The van der Waals surface area contributed by atoms with Gasteiger partial charge in [-0.1, -0.05) is 12.1 Å². The topological polar surface area (TPSA) is 108 Å². The molecule has 0 spiro atoms. The summed E-state index contributed by atoms with van der Waals surface area (Å²) in [5.41, 5.74) is 0.207. The number of hydrogen-bond acceptors (Lipinski definition) is 5. The van der Waals surface area contributed by atoms with Crippen molar-refractivity contribution in [3.05, 3.63) is 59.4 Å². The number of sulfone groups is 1. The molecule has 6 nitrogen and oxygen atoms in total. The molecule has 1 heterocycles. The van der Waals surface area contributed by atoms with Gasteiger partial charge in [0.05, 0.1) is 16.2 Å². The minimum atomic E-state index is -3.76. The summed E-state index contributed by atoms with van der Waals surface area (Å²) in [6.07, 6.45) is 1.40. The summed E-state index contributed by atoms with van der Waals surface area (Å²) in [6.45, 7) is 0. The number of rotatable bonds is 4. The van der Waals surface area contributed by atoms with Crippen LogP contribution >= 0.6 is 0 Å². The van der Waals surface area contributed by atoms with Gasteiger partial charge in [0.15, 0.2) is 9.84 Å². The number of nitriles is 1. The van der Waals surface area contributed by atoms with Gasteiger partial charge in [0, 0.05) is 11.8 Å². The first-order valence-corrected chi connectivity index (χ1v) is 7.49. The predicted molar refractivity (Wildman–Crippen MR) is 73.2 cm³/mol. The maximum atomic E-state index is 12.3. The average molecular weight is 302 g/mol. The fourth-order valence-corrected chi connectivity index (χ4v) is 3.17. The molecule has 1 N–H and O–H groups in total. The van der Waals surface area contributed by atoms with Crippen molar-refractivity contribution in [2.24, 2.45) is 0 Å². The molecule has 0 atom stereocenters. The van der Waals surface area contributed by atoms with Crippen LogP contribution in [0, 0.1) is 11.3 Å². The predicted octanol–water partition coefficient (Wildman–Crippen LogP) is 1.63. The molecule has 0 fully saturated rings. The highest BCUT2D eigenvalue weighted by molar-refractivity contribution is 7.90. The zero-order valence-electron chi connectivity index (χ0n) is 10.7. The van der Waals surface area contributed by atoms with E-state index in [0.29, 0.717) is 0 Å². The highest BCUT2D eigenvalue weighted by Gasteiger charge is 2.19. The Balaban J connectivity index is 2.42. The first-order chi connectivity index (χ1) is 9.94. The number of aromatic nitrogens is 1. The summed E-state index contributed by atoms with van der Waals surface area (Å²) in [5, 5.41) is 17.8. The number of pyridine rings is 1. The number of hydrogen-bond donors (Lipinski definition) is 1. The molecule has 0 unspecified atom stereocenters. The van der Waals surface area contributed by atoms with Crippen molar-refractivity contribution >= 4 is 15.8 Å². The van der Waals surface area contributed by atoms with Crippen molar-refractivity contribution in [3.63, 3.8) is 0 Å². The van der Waals surface area contributed by atoms with Crippen LogP contribution in [-0.2, 0) is 15.6 Å². The molecule has 106 valence electrons. The zero-order valence-corrected chi connectivity index (χ0v) is 11.5. The van der Waals surface area contributed by atoms with Crippen molar-refractivity contribution in [1.82, 2.24) is 4.98 Å². The lowest BCUT2D eigenvalue weighted by Crippen LogP contribution is -2.08. The van der Waals surface area contributed by atoms with E-state index >= 15 is 0 Å². The molecule has 2 aromatic rings. The zero-order chi connectivity index (χ0) is 15.5. The fourth-order valence-electron chi connectivity index (χ4n) is 1.77. The molecule has 1 aromatic carbocycles. The summed E-state index contributed by atoms with van der Waals surface area (Å²) in [6, 6.07) is 9.97. The molecule has 0 saturated carbocycles. The van der Waals surface area contributed by atoms with Gasteiger partial charge in [-0.25, -0.2) is 18.2 Å². The van der Waals surface area contributed by atoms with Gasteiger partial charge in [0.1, 0.15) is 11.8 Å². The second-order valence-corrected chi connectivity index (χ2v) is 6.20. The van der Waals surface area contributed by atoms with E-state index in [2.05, 4.69) is 4.98 Å². The third-order valence-corrected chi connectivity index (χ3v) is 4.45. The molecule has 0 aliphatic rings. The van der Waals surface area contributed by atoms with Crippen LogP contribution < -0.4 is 0 Å². The van der Waals surface area contributed by atoms with Gasteiger partial charge in [-0.2, -0.15) is 5.26 Å². The van der Waals surface area contributed by atoms with Gasteiger partial charge < -0.3 is 5.11 Å². The normalized spacial score (nSPS) is 10.8. The SMILES string of the molecule is N#Cc1ncccc1CS(=O)(=O)c1cccc(C(=O)O)c1. The Kier molecular flexibility index (Phi) is 4.00. The van der Waals surface area contributed by atoms with Crippen LogP contribution in [0.2, 0.25) is 0 Å². The summed E-state index contributed by atoms with van der Waals surface area (Å²) in [7, 11) is -3.76. The van der Waals surface area contributed by atoms with Gasteiger partial charge in [0.2, 0.25) is 0 Å². The average Bonchev–Trinajstić information content (AvgIpc) is 2.47. The number of aromatic carboxylic acids is 1. The summed E-state index contributed by atoms with van der Waals surface area (Å²) in [5.74, 6) is -1.61. The van der Waals surface area contributed by atoms with Gasteiger partial charge in [0.25, 0.3) is 0 Å². The lowest BCUT2D eigenvalue weighted by Gasteiger charge is -2.06.